The molecule has 0 aromatic heterocycles. The highest BCUT2D eigenvalue weighted by molar-refractivity contribution is 7.92. The van der Waals surface area contributed by atoms with Crippen molar-refractivity contribution in [3.8, 4) is 5.75 Å². The van der Waals surface area contributed by atoms with E-state index in [0.717, 1.165) is 9.87 Å². The van der Waals surface area contributed by atoms with Crippen LogP contribution in [0.1, 0.15) is 44.7 Å². The average Bonchev–Trinajstić information content (AvgIpc) is 2.96. The van der Waals surface area contributed by atoms with Gasteiger partial charge in [0.1, 0.15) is 24.2 Å². The summed E-state index contributed by atoms with van der Waals surface area (Å²) < 4.78 is 48.1. The molecule has 0 saturated heterocycles. The summed E-state index contributed by atoms with van der Waals surface area (Å²) in [4.78, 5) is 28.8. The number of amides is 2. The predicted molar refractivity (Wildman–Crippen MR) is 158 cm³/mol. The Hall–Kier alpha value is -3.92. The van der Waals surface area contributed by atoms with Crippen LogP contribution in [0.25, 0.3) is 0 Å². The second-order valence-corrected chi connectivity index (χ2v) is 11.7. The third-order valence-corrected chi connectivity index (χ3v) is 8.67. The first-order valence-corrected chi connectivity index (χ1v) is 15.0. The van der Waals surface area contributed by atoms with Gasteiger partial charge in [-0.15, -0.1) is 0 Å². The molecular weight excluding hydrogens is 545 g/mol. The van der Waals surface area contributed by atoms with Gasteiger partial charge in [-0.1, -0.05) is 55.8 Å². The van der Waals surface area contributed by atoms with E-state index in [-0.39, 0.29) is 41.2 Å². The number of benzene rings is 3. The summed E-state index contributed by atoms with van der Waals surface area (Å²) in [7, 11) is -2.81. The molecule has 3 rings (SSSR count). The maximum atomic E-state index is 14.1. The Balaban J connectivity index is 2.09. The predicted octanol–water partition coefficient (Wildman–Crippen LogP) is 5.06. The molecule has 0 aliphatic heterocycles. The molecule has 2 atom stereocenters. The van der Waals surface area contributed by atoms with E-state index < -0.39 is 34.3 Å². The van der Waals surface area contributed by atoms with E-state index in [1.54, 1.807) is 43.3 Å². The number of ether oxygens (including phenoxy) is 1. The molecule has 0 bridgehead atoms. The van der Waals surface area contributed by atoms with Crippen molar-refractivity contribution in [3.05, 3.63) is 89.7 Å². The van der Waals surface area contributed by atoms with E-state index in [2.05, 4.69) is 5.32 Å². The van der Waals surface area contributed by atoms with E-state index in [1.165, 1.54) is 48.4 Å². The van der Waals surface area contributed by atoms with Crippen molar-refractivity contribution >= 4 is 27.5 Å². The van der Waals surface area contributed by atoms with Crippen molar-refractivity contribution in [3.63, 3.8) is 0 Å². The van der Waals surface area contributed by atoms with Crippen molar-refractivity contribution in [2.45, 2.75) is 64.1 Å². The molecule has 0 aliphatic rings. The van der Waals surface area contributed by atoms with Gasteiger partial charge in [0.15, 0.2) is 0 Å². The zero-order chi connectivity index (χ0) is 30.2. The van der Waals surface area contributed by atoms with Gasteiger partial charge in [0.25, 0.3) is 10.0 Å². The molecule has 1 N–H and O–H groups in total. The SMILES string of the molecule is CC[C@@H](C)NC(=O)[C@H](CC)N(Cc1ccc(F)cc1)C(=O)CN(c1ccccc1OC)S(=O)(=O)c1ccc(C)cc1. The van der Waals surface area contributed by atoms with Gasteiger partial charge in [0.2, 0.25) is 11.8 Å². The number of sulfonamides is 1. The Morgan fingerprint density at radius 3 is 2.17 bits per heavy atom. The summed E-state index contributed by atoms with van der Waals surface area (Å²) in [6.45, 7) is 6.83. The fourth-order valence-corrected chi connectivity index (χ4v) is 5.76. The normalized spacial score (nSPS) is 12.7. The Bertz CT molecular complexity index is 1430. The number of aryl methyl sites for hydroxylation is 1. The number of anilines is 1. The minimum atomic E-state index is -4.23. The zero-order valence-electron chi connectivity index (χ0n) is 24.1. The minimum absolute atomic E-state index is 0.00782. The summed E-state index contributed by atoms with van der Waals surface area (Å²) in [5.74, 6) is -1.10. The summed E-state index contributed by atoms with van der Waals surface area (Å²) in [5.41, 5.74) is 1.66. The Morgan fingerprint density at radius 2 is 1.59 bits per heavy atom. The van der Waals surface area contributed by atoms with E-state index in [1.807, 2.05) is 20.8 Å². The smallest absolute Gasteiger partial charge is 0.264 e. The number of hydrogen-bond donors (Lipinski definition) is 1. The third kappa shape index (κ3) is 7.85. The fraction of sp³-hybridized carbons (Fsp3) is 0.355. The lowest BCUT2D eigenvalue weighted by atomic mass is 10.1. The molecule has 0 unspecified atom stereocenters. The van der Waals surface area contributed by atoms with Gasteiger partial charge in [-0.05, 0) is 68.7 Å². The molecule has 220 valence electrons. The van der Waals surface area contributed by atoms with Gasteiger partial charge in [-0.2, -0.15) is 0 Å². The topological polar surface area (TPSA) is 96.0 Å². The molecule has 0 spiro atoms. The molecule has 0 radical (unpaired) electrons. The Kier molecular flexibility index (Phi) is 10.9. The van der Waals surface area contributed by atoms with Gasteiger partial charge in [-0.3, -0.25) is 13.9 Å². The first-order chi connectivity index (χ1) is 19.5. The van der Waals surface area contributed by atoms with Gasteiger partial charge in [-0.25, -0.2) is 12.8 Å². The van der Waals surface area contributed by atoms with Crippen molar-refractivity contribution in [2.75, 3.05) is 18.0 Å². The maximum Gasteiger partial charge on any atom is 0.264 e. The van der Waals surface area contributed by atoms with Gasteiger partial charge in [0.05, 0.1) is 17.7 Å². The molecule has 3 aromatic carbocycles. The minimum Gasteiger partial charge on any atom is -0.495 e. The molecule has 10 heteroatoms. The second kappa shape index (κ2) is 14.1. The van der Waals surface area contributed by atoms with Crippen LogP contribution < -0.4 is 14.4 Å². The maximum absolute atomic E-state index is 14.1. The van der Waals surface area contributed by atoms with Crippen LogP contribution in [0.3, 0.4) is 0 Å². The van der Waals surface area contributed by atoms with Crippen LogP contribution in [0.2, 0.25) is 0 Å². The third-order valence-electron chi connectivity index (χ3n) is 6.89. The molecule has 2 amide bonds. The van der Waals surface area contributed by atoms with Crippen LogP contribution in [-0.2, 0) is 26.2 Å². The number of rotatable bonds is 13. The number of para-hydroxylation sites is 2. The van der Waals surface area contributed by atoms with Crippen LogP contribution in [-0.4, -0.2) is 50.9 Å². The lowest BCUT2D eigenvalue weighted by molar-refractivity contribution is -0.140. The van der Waals surface area contributed by atoms with E-state index in [0.29, 0.717) is 12.0 Å². The monoisotopic (exact) mass is 583 g/mol. The highest BCUT2D eigenvalue weighted by atomic mass is 32.2. The highest BCUT2D eigenvalue weighted by Crippen LogP contribution is 2.32. The molecule has 8 nitrogen and oxygen atoms in total. The van der Waals surface area contributed by atoms with Gasteiger partial charge >= 0.3 is 0 Å². The fourth-order valence-electron chi connectivity index (χ4n) is 4.33. The van der Waals surface area contributed by atoms with Crippen LogP contribution in [0.5, 0.6) is 5.75 Å². The number of carbonyl (C=O) groups is 2. The molecular formula is C31H38FN3O5S. The zero-order valence-corrected chi connectivity index (χ0v) is 24.9. The number of nitrogens with zero attached hydrogens (tertiary/aromatic N) is 2. The number of carbonyl (C=O) groups excluding carboxylic acids is 2. The number of hydrogen-bond acceptors (Lipinski definition) is 5. The summed E-state index contributed by atoms with van der Waals surface area (Å²) in [6.07, 6.45) is 0.985. The Labute approximate surface area is 242 Å². The van der Waals surface area contributed by atoms with Gasteiger partial charge in [0, 0.05) is 12.6 Å². The van der Waals surface area contributed by atoms with Crippen molar-refractivity contribution in [2.24, 2.45) is 0 Å². The standard InChI is InChI=1S/C31H38FN3O5S/c1-6-23(4)33-31(37)27(7-2)34(20-24-14-16-25(32)17-15-24)30(36)21-35(28-10-8-9-11-29(28)40-5)41(38,39)26-18-12-22(3)13-19-26/h8-19,23,27H,6-7,20-21H2,1-5H3,(H,33,37)/t23-,27+/m1/s1. The summed E-state index contributed by atoms with van der Waals surface area (Å²) in [5, 5.41) is 2.93. The number of nitrogens with one attached hydrogen (secondary N) is 1. The molecule has 0 heterocycles. The van der Waals surface area contributed by atoms with E-state index >= 15 is 0 Å². The average molecular weight is 584 g/mol. The first kappa shape index (κ1) is 31.6. The van der Waals surface area contributed by atoms with Crippen LogP contribution >= 0.6 is 0 Å². The van der Waals surface area contributed by atoms with Crippen LogP contribution in [0.15, 0.2) is 77.7 Å². The van der Waals surface area contributed by atoms with Gasteiger partial charge < -0.3 is 15.0 Å². The molecule has 0 aliphatic carbocycles. The van der Waals surface area contributed by atoms with Crippen LogP contribution in [0.4, 0.5) is 10.1 Å². The van der Waals surface area contributed by atoms with Crippen molar-refractivity contribution < 1.29 is 27.1 Å². The molecule has 0 saturated carbocycles. The lowest BCUT2D eigenvalue weighted by Gasteiger charge is -2.34. The summed E-state index contributed by atoms with van der Waals surface area (Å²) >= 11 is 0. The molecule has 41 heavy (non-hydrogen) atoms. The quantitative estimate of drug-likeness (QED) is 0.304. The molecule has 3 aromatic rings. The van der Waals surface area contributed by atoms with Crippen molar-refractivity contribution in [1.29, 1.82) is 0 Å². The van der Waals surface area contributed by atoms with E-state index in [4.69, 9.17) is 4.74 Å². The number of halogens is 1. The van der Waals surface area contributed by atoms with Crippen molar-refractivity contribution in [1.82, 2.24) is 10.2 Å². The Morgan fingerprint density at radius 1 is 0.951 bits per heavy atom. The summed E-state index contributed by atoms with van der Waals surface area (Å²) in [6, 6.07) is 17.5. The largest absolute Gasteiger partial charge is 0.495 e. The lowest BCUT2D eigenvalue weighted by Crippen LogP contribution is -2.53. The van der Waals surface area contributed by atoms with E-state index in [9.17, 15) is 22.4 Å². The first-order valence-electron chi connectivity index (χ1n) is 13.6. The van der Waals surface area contributed by atoms with Crippen LogP contribution in [0, 0.1) is 12.7 Å². The number of methoxy groups -OCH3 is 1. The molecule has 0 fully saturated rings. The second-order valence-electron chi connectivity index (χ2n) is 9.89. The highest BCUT2D eigenvalue weighted by Gasteiger charge is 2.35.